The van der Waals surface area contributed by atoms with Gasteiger partial charge in [0, 0.05) is 60.3 Å². The van der Waals surface area contributed by atoms with Crippen LogP contribution in [0.25, 0.3) is 0 Å². The second-order valence-electron chi connectivity index (χ2n) is 0. The molecule has 0 saturated carbocycles. The van der Waals surface area contributed by atoms with Crippen LogP contribution in [0.15, 0.2) is 0 Å². The SMILES string of the molecule is O.[SnH2].[Tb].[Ti]. The Morgan fingerprint density at radius 1 is 1.00 bits per heavy atom. The van der Waals surface area contributed by atoms with E-state index in [4.69, 9.17) is 0 Å². The van der Waals surface area contributed by atoms with Crippen LogP contribution in [0.4, 0.5) is 0 Å². The molecule has 0 rings (SSSR count). The van der Waals surface area contributed by atoms with Crippen molar-refractivity contribution in [3.05, 3.63) is 0 Å². The summed E-state index contributed by atoms with van der Waals surface area (Å²) in [5.74, 6) is 0. The van der Waals surface area contributed by atoms with Gasteiger partial charge in [-0.3, -0.25) is 0 Å². The maximum Gasteiger partial charge on any atom is 0 e. The van der Waals surface area contributed by atoms with Gasteiger partial charge in [-0.2, -0.15) is 0 Å². The molecule has 0 heterocycles. The number of rotatable bonds is 0. The molecule has 0 fully saturated rings. The van der Waals surface area contributed by atoms with Gasteiger partial charge in [-0.15, -0.1) is 0 Å². The zero-order valence-corrected chi connectivity index (χ0v) is 9.78. The first-order valence-electron chi connectivity index (χ1n) is 0. The fourth-order valence-electron chi connectivity index (χ4n) is 0. The smallest absolute Gasteiger partial charge is 0 e. The van der Waals surface area contributed by atoms with E-state index in [1.807, 2.05) is 0 Å². The van der Waals surface area contributed by atoms with Crippen LogP contribution in [0.3, 0.4) is 0 Å². The molecule has 1 nitrogen and oxygen atoms in total. The topological polar surface area (TPSA) is 31.5 Å². The monoisotopic (exact) mass is 347 g/mol. The Morgan fingerprint density at radius 3 is 1.00 bits per heavy atom. The standard InChI is InChI=1S/H2O.Sn.Tb.Ti.2H/h1H2;;;;;. The second-order valence-corrected chi connectivity index (χ2v) is 0. The van der Waals surface area contributed by atoms with E-state index in [0.29, 0.717) is 0 Å². The van der Waals surface area contributed by atoms with Gasteiger partial charge in [0.1, 0.15) is 0 Å². The average Bonchev–Trinajstić information content (AvgIpc) is 0. The Morgan fingerprint density at radius 2 is 1.00 bits per heavy atom. The van der Waals surface area contributed by atoms with Gasteiger partial charge in [0.05, 0.1) is 0 Å². The molecule has 0 aliphatic heterocycles. The van der Waals surface area contributed by atoms with Crippen LogP contribution >= 0.6 is 0 Å². The molecule has 0 bridgehead atoms. The van der Waals surface area contributed by atoms with Gasteiger partial charge >= 0.3 is 23.9 Å². The van der Waals surface area contributed by atoms with Crippen LogP contribution in [0.5, 0.6) is 0 Å². The van der Waals surface area contributed by atoms with Gasteiger partial charge in [-0.05, 0) is 0 Å². The largest absolute Gasteiger partial charge is 0 e. The summed E-state index contributed by atoms with van der Waals surface area (Å²) in [7, 11) is 0. The molecule has 0 aromatic heterocycles. The third-order valence-corrected chi connectivity index (χ3v) is 0. The minimum atomic E-state index is 0. The average molecular weight is 346 g/mol. The van der Waals surface area contributed by atoms with Gasteiger partial charge in [0.25, 0.3) is 0 Å². The van der Waals surface area contributed by atoms with E-state index in [1.54, 1.807) is 0 Å². The van der Waals surface area contributed by atoms with Gasteiger partial charge < -0.3 is 5.48 Å². The predicted octanol–water partition coefficient (Wildman–Crippen LogP) is -1.74. The van der Waals surface area contributed by atoms with Crippen molar-refractivity contribution in [1.82, 2.24) is 0 Å². The molecular weight excluding hydrogens is 342 g/mol. The second kappa shape index (κ2) is 17.1. The summed E-state index contributed by atoms with van der Waals surface area (Å²) < 4.78 is 0. The van der Waals surface area contributed by atoms with Crippen molar-refractivity contribution in [2.24, 2.45) is 0 Å². The number of hydrogen-bond acceptors (Lipinski definition) is 0. The van der Waals surface area contributed by atoms with Crippen molar-refractivity contribution in [2.45, 2.75) is 0 Å². The Balaban J connectivity index is 0. The van der Waals surface area contributed by atoms with Crippen molar-refractivity contribution in [1.29, 1.82) is 0 Å². The quantitative estimate of drug-likeness (QED) is 0.467. The molecule has 0 aliphatic rings. The molecule has 2 N–H and O–H groups in total. The summed E-state index contributed by atoms with van der Waals surface area (Å²) in [5.41, 5.74) is 0. The van der Waals surface area contributed by atoms with Gasteiger partial charge in [0.2, 0.25) is 0 Å². The minimum absolute atomic E-state index is 0. The molecule has 3 radical (unpaired) electrons. The van der Waals surface area contributed by atoms with E-state index in [9.17, 15) is 0 Å². The maximum atomic E-state index is 0. The molecule has 0 unspecified atom stereocenters. The van der Waals surface area contributed by atoms with Gasteiger partial charge in [-0.1, -0.05) is 0 Å². The van der Waals surface area contributed by atoms with Gasteiger partial charge in [0.15, 0.2) is 0 Å². The van der Waals surface area contributed by atoms with E-state index in [-0.39, 0.29) is 89.7 Å². The fraction of sp³-hybridized carbons (Fsp3) is 0. The molecular formula is H4OSnTbTi. The van der Waals surface area contributed by atoms with Crippen LogP contribution in [0.2, 0.25) is 0 Å². The van der Waals surface area contributed by atoms with Crippen LogP contribution in [0.1, 0.15) is 0 Å². The molecule has 0 aromatic carbocycles. The molecule has 0 aromatic rings. The zero-order chi connectivity index (χ0) is 0. The Hall–Kier alpha value is 2.76. The van der Waals surface area contributed by atoms with Crippen LogP contribution in [-0.4, -0.2) is 29.4 Å². The molecule has 0 atom stereocenters. The zero-order valence-electron chi connectivity index (χ0n) is 2.04. The molecule has 0 aliphatic carbocycles. The fourth-order valence-corrected chi connectivity index (χ4v) is 0. The van der Waals surface area contributed by atoms with Crippen molar-refractivity contribution < 1.29 is 65.8 Å². The summed E-state index contributed by atoms with van der Waals surface area (Å²) in [5, 5.41) is 0. The molecule has 27 valence electrons. The molecule has 4 heteroatoms. The first-order valence-corrected chi connectivity index (χ1v) is 0. The summed E-state index contributed by atoms with van der Waals surface area (Å²) >= 11 is 0. The first-order chi connectivity index (χ1) is 0. The molecule has 0 amide bonds. The summed E-state index contributed by atoms with van der Waals surface area (Å²) in [6.45, 7) is 0. The van der Waals surface area contributed by atoms with E-state index in [0.717, 1.165) is 0 Å². The summed E-state index contributed by atoms with van der Waals surface area (Å²) in [6.07, 6.45) is 0. The van der Waals surface area contributed by atoms with Crippen molar-refractivity contribution >= 4 is 23.9 Å². The molecule has 4 heavy (non-hydrogen) atoms. The van der Waals surface area contributed by atoms with E-state index >= 15 is 0 Å². The minimum Gasteiger partial charge on any atom is 0 e. The van der Waals surface area contributed by atoms with E-state index < -0.39 is 0 Å². The van der Waals surface area contributed by atoms with E-state index in [1.165, 1.54) is 0 Å². The maximum absolute atomic E-state index is 0. The first kappa shape index (κ1) is 29.5. The third-order valence-electron chi connectivity index (χ3n) is 0. The van der Waals surface area contributed by atoms with Crippen LogP contribution in [-0.2, 0) is 21.7 Å². The van der Waals surface area contributed by atoms with Crippen molar-refractivity contribution in [3.8, 4) is 0 Å². The molecule has 0 spiro atoms. The van der Waals surface area contributed by atoms with Crippen molar-refractivity contribution in [2.75, 3.05) is 0 Å². The van der Waals surface area contributed by atoms with Crippen LogP contribution < -0.4 is 0 Å². The Kier molecular flexibility index (Phi) is 126. The normalized spacial score (nSPS) is 0. The molecule has 0 saturated heterocycles. The Bertz CT molecular complexity index is 8.00. The van der Waals surface area contributed by atoms with Crippen LogP contribution in [0, 0.1) is 38.6 Å². The third kappa shape index (κ3) is 8.83. The Labute approximate surface area is 87.9 Å². The van der Waals surface area contributed by atoms with Crippen molar-refractivity contribution in [3.63, 3.8) is 0 Å². The van der Waals surface area contributed by atoms with E-state index in [2.05, 4.69) is 0 Å². The number of hydrogen-bond donors (Lipinski definition) is 0. The van der Waals surface area contributed by atoms with Gasteiger partial charge in [-0.25, -0.2) is 0 Å². The summed E-state index contributed by atoms with van der Waals surface area (Å²) in [4.78, 5) is 0. The summed E-state index contributed by atoms with van der Waals surface area (Å²) in [6, 6.07) is 0. The predicted molar refractivity (Wildman–Crippen MR) is 12.2 cm³/mol.